The van der Waals surface area contributed by atoms with Gasteiger partial charge in [-0.05, 0) is 37.7 Å². The summed E-state index contributed by atoms with van der Waals surface area (Å²) in [7, 11) is 1.38. The molecule has 0 atom stereocenters. The molecule has 2 bridgehead atoms. The number of carbonyl (C=O) groups is 1. The van der Waals surface area contributed by atoms with Gasteiger partial charge in [0.15, 0.2) is 0 Å². The second-order valence-electron chi connectivity index (χ2n) is 7.57. The summed E-state index contributed by atoms with van der Waals surface area (Å²) >= 11 is 0. The summed E-state index contributed by atoms with van der Waals surface area (Å²) in [4.78, 5) is 22.2. The Morgan fingerprint density at radius 3 is 2.63 bits per heavy atom. The van der Waals surface area contributed by atoms with E-state index in [1.54, 1.807) is 9.58 Å². The van der Waals surface area contributed by atoms with Crippen molar-refractivity contribution in [2.45, 2.75) is 31.9 Å². The third-order valence-electron chi connectivity index (χ3n) is 5.73. The van der Waals surface area contributed by atoms with Crippen LogP contribution in [0.25, 0.3) is 5.95 Å². The first-order valence-electron chi connectivity index (χ1n) is 9.27. The Bertz CT molecular complexity index is 864. The zero-order valence-corrected chi connectivity index (χ0v) is 15.3. The lowest BCUT2D eigenvalue weighted by Crippen LogP contribution is -2.59. The Hall–Kier alpha value is -2.84. The second kappa shape index (κ2) is 6.11. The van der Waals surface area contributed by atoms with Gasteiger partial charge in [0.2, 0.25) is 5.88 Å². The van der Waals surface area contributed by atoms with E-state index in [0.717, 1.165) is 23.3 Å². The lowest BCUT2D eigenvalue weighted by molar-refractivity contribution is -0.00421. The molecule has 9 nitrogen and oxygen atoms in total. The Morgan fingerprint density at radius 1 is 1.26 bits per heavy atom. The molecular formula is C18H22N6O3. The van der Waals surface area contributed by atoms with Crippen LogP contribution in [-0.4, -0.2) is 63.1 Å². The number of nitrogens with zero attached hydrogens (tertiary/aromatic N) is 5. The minimum atomic E-state index is -0.336. The third kappa shape index (κ3) is 2.87. The zero-order valence-electron chi connectivity index (χ0n) is 15.3. The molecule has 1 amide bonds. The van der Waals surface area contributed by atoms with Crippen molar-refractivity contribution in [2.24, 2.45) is 11.8 Å². The third-order valence-corrected chi connectivity index (χ3v) is 5.73. The Labute approximate surface area is 156 Å². The summed E-state index contributed by atoms with van der Waals surface area (Å²) in [5.41, 5.74) is 0.896. The molecule has 1 N–H and O–H groups in total. The molecule has 3 heterocycles. The molecule has 0 radical (unpaired) electrons. The van der Waals surface area contributed by atoms with Crippen molar-refractivity contribution in [1.29, 1.82) is 0 Å². The maximum absolute atomic E-state index is 11.5. The molecule has 142 valence electrons. The lowest BCUT2D eigenvalue weighted by Gasteiger charge is -2.58. The fourth-order valence-electron chi connectivity index (χ4n) is 3.83. The summed E-state index contributed by atoms with van der Waals surface area (Å²) in [6.07, 6.45) is 4.04. The number of aryl methyl sites for hydroxylation is 1. The quantitative estimate of drug-likeness (QED) is 0.854. The maximum atomic E-state index is 11.5. The highest BCUT2D eigenvalue weighted by Gasteiger charge is 2.52. The van der Waals surface area contributed by atoms with E-state index in [-0.39, 0.29) is 12.2 Å². The summed E-state index contributed by atoms with van der Waals surface area (Å²) in [6, 6.07) is 4.25. The van der Waals surface area contributed by atoms with Gasteiger partial charge in [0.05, 0.1) is 25.9 Å². The van der Waals surface area contributed by atoms with Gasteiger partial charge < -0.3 is 19.7 Å². The van der Waals surface area contributed by atoms with Crippen molar-refractivity contribution < 1.29 is 14.3 Å². The largest absolute Gasteiger partial charge is 0.470 e. The molecule has 0 unspecified atom stereocenters. The monoisotopic (exact) mass is 370 g/mol. The number of amides is 1. The lowest BCUT2D eigenvalue weighted by atomic mass is 9.52. The molecule has 1 aliphatic heterocycles. The molecule has 2 aromatic heterocycles. The van der Waals surface area contributed by atoms with Gasteiger partial charge in [0.25, 0.3) is 5.95 Å². The average molecular weight is 370 g/mol. The first-order valence-corrected chi connectivity index (χ1v) is 9.27. The SMILES string of the molecule is COC(=O)N1CC(Oc2cc(NC3C4CC3C4)nc(-n3ccc(C)n3)n2)C1. The number of nitrogens with one attached hydrogen (secondary N) is 1. The molecule has 9 heteroatoms. The first-order chi connectivity index (χ1) is 13.1. The first kappa shape index (κ1) is 16.3. The predicted molar refractivity (Wildman–Crippen MR) is 95.9 cm³/mol. The van der Waals surface area contributed by atoms with Crippen LogP contribution in [0.1, 0.15) is 18.5 Å². The van der Waals surface area contributed by atoms with Gasteiger partial charge in [-0.25, -0.2) is 9.48 Å². The molecule has 2 aromatic rings. The van der Waals surface area contributed by atoms with Crippen LogP contribution in [0.5, 0.6) is 5.88 Å². The number of anilines is 1. The molecular weight excluding hydrogens is 348 g/mol. The van der Waals surface area contributed by atoms with E-state index in [1.165, 1.54) is 20.0 Å². The molecule has 3 aliphatic carbocycles. The molecule has 6 rings (SSSR count). The number of methoxy groups -OCH3 is 1. The van der Waals surface area contributed by atoms with Crippen molar-refractivity contribution in [3.05, 3.63) is 24.0 Å². The van der Waals surface area contributed by atoms with E-state index in [9.17, 15) is 4.79 Å². The van der Waals surface area contributed by atoms with Crippen LogP contribution in [0.3, 0.4) is 0 Å². The van der Waals surface area contributed by atoms with Crippen LogP contribution in [0.2, 0.25) is 0 Å². The van der Waals surface area contributed by atoms with Crippen molar-refractivity contribution in [1.82, 2.24) is 24.6 Å². The number of rotatable bonds is 5. The molecule has 1 saturated heterocycles. The predicted octanol–water partition coefficient (Wildman–Crippen LogP) is 1.62. The van der Waals surface area contributed by atoms with E-state index >= 15 is 0 Å². The van der Waals surface area contributed by atoms with Crippen LogP contribution >= 0.6 is 0 Å². The highest BCUT2D eigenvalue weighted by Crippen LogP contribution is 2.54. The minimum absolute atomic E-state index is 0.101. The van der Waals surface area contributed by atoms with Crippen molar-refractivity contribution in [3.8, 4) is 11.8 Å². The van der Waals surface area contributed by atoms with E-state index in [0.29, 0.717) is 31.0 Å². The fraction of sp³-hybridized carbons (Fsp3) is 0.556. The number of ether oxygens (including phenoxy) is 2. The number of hydrogen-bond donors (Lipinski definition) is 1. The fourth-order valence-corrected chi connectivity index (χ4v) is 3.83. The van der Waals surface area contributed by atoms with Gasteiger partial charge in [-0.1, -0.05) is 0 Å². The molecule has 27 heavy (non-hydrogen) atoms. The van der Waals surface area contributed by atoms with Crippen molar-refractivity contribution in [3.63, 3.8) is 0 Å². The molecule has 0 spiro atoms. The van der Waals surface area contributed by atoms with Gasteiger partial charge >= 0.3 is 6.09 Å². The van der Waals surface area contributed by atoms with E-state index < -0.39 is 0 Å². The summed E-state index contributed by atoms with van der Waals surface area (Å²) in [5, 5.41) is 7.92. The van der Waals surface area contributed by atoms with E-state index in [4.69, 9.17) is 9.47 Å². The highest BCUT2D eigenvalue weighted by molar-refractivity contribution is 5.68. The number of carbonyl (C=O) groups excluding carboxylic acids is 1. The molecule has 0 aromatic carbocycles. The van der Waals surface area contributed by atoms with Gasteiger partial charge in [0, 0.05) is 18.3 Å². The summed E-state index contributed by atoms with van der Waals surface area (Å²) < 4.78 is 12.3. The minimum Gasteiger partial charge on any atom is -0.470 e. The van der Waals surface area contributed by atoms with Gasteiger partial charge in [-0.15, -0.1) is 0 Å². The highest BCUT2D eigenvalue weighted by atomic mass is 16.5. The van der Waals surface area contributed by atoms with E-state index in [2.05, 4.69) is 20.4 Å². The second-order valence-corrected chi connectivity index (χ2v) is 7.57. The number of hydrogen-bond acceptors (Lipinski definition) is 7. The average Bonchev–Trinajstić information content (AvgIpc) is 2.99. The summed E-state index contributed by atoms with van der Waals surface area (Å²) in [5.74, 6) is 3.25. The van der Waals surface area contributed by atoms with Crippen LogP contribution in [0.4, 0.5) is 10.6 Å². The Kier molecular flexibility index (Phi) is 3.70. The van der Waals surface area contributed by atoms with Crippen LogP contribution in [0, 0.1) is 18.8 Å². The number of aromatic nitrogens is 4. The normalized spacial score (nSPS) is 25.9. The summed E-state index contributed by atoms with van der Waals surface area (Å²) in [6.45, 7) is 2.90. The van der Waals surface area contributed by atoms with E-state index in [1.807, 2.05) is 25.3 Å². The van der Waals surface area contributed by atoms with Gasteiger partial charge in [0.1, 0.15) is 11.9 Å². The Balaban J connectivity index is 1.34. The Morgan fingerprint density at radius 2 is 2.04 bits per heavy atom. The topological polar surface area (TPSA) is 94.4 Å². The van der Waals surface area contributed by atoms with Gasteiger partial charge in [-0.2, -0.15) is 15.1 Å². The maximum Gasteiger partial charge on any atom is 0.409 e. The van der Waals surface area contributed by atoms with Crippen molar-refractivity contribution >= 4 is 11.9 Å². The van der Waals surface area contributed by atoms with Crippen LogP contribution < -0.4 is 10.1 Å². The zero-order chi connectivity index (χ0) is 18.5. The van der Waals surface area contributed by atoms with Gasteiger partial charge in [-0.3, -0.25) is 0 Å². The van der Waals surface area contributed by atoms with Crippen LogP contribution in [0.15, 0.2) is 18.3 Å². The van der Waals surface area contributed by atoms with Crippen LogP contribution in [-0.2, 0) is 4.74 Å². The smallest absolute Gasteiger partial charge is 0.409 e. The number of likely N-dealkylation sites (tertiary alicyclic amines) is 1. The molecule has 4 fully saturated rings. The molecule has 4 aliphatic rings. The molecule has 3 saturated carbocycles. The van der Waals surface area contributed by atoms with Crippen molar-refractivity contribution in [2.75, 3.05) is 25.5 Å². The standard InChI is InChI=1S/C18H22N6O3/c1-10-3-4-24(22-10)17-20-14(19-16-11-5-12(16)6-11)7-15(21-17)27-13-8-23(9-13)18(25)26-2/h3-4,7,11-13,16H,5-6,8-9H2,1-2H3,(H,19,20,21).